The van der Waals surface area contributed by atoms with Crippen LogP contribution in [0.2, 0.25) is 0 Å². The quantitative estimate of drug-likeness (QED) is 0.403. The number of carbonyl (C=O) groups excluding carboxylic acids is 2. The molecule has 0 radical (unpaired) electrons. The highest BCUT2D eigenvalue weighted by atomic mass is 35.5. The number of phenolic OH excluding ortho intramolecular Hbond substituents is 2. The number of ketones is 2. The molecule has 6 aliphatic rings. The fraction of sp³-hybridized carbons (Fsp3) is 0.526. The molecule has 2 aromatic rings. The first-order valence-corrected chi connectivity index (χ1v) is 16.7. The number of hydrogen-bond acceptors (Lipinski definition) is 6. The van der Waals surface area contributed by atoms with E-state index < -0.39 is 0 Å². The summed E-state index contributed by atoms with van der Waals surface area (Å²) in [7, 11) is 0. The highest BCUT2D eigenvalue weighted by Crippen LogP contribution is 2.56. The van der Waals surface area contributed by atoms with Crippen LogP contribution in [-0.4, -0.2) is 75.3 Å². The van der Waals surface area contributed by atoms with Gasteiger partial charge >= 0.3 is 0 Å². The molecular weight excluding hydrogens is 635 g/mol. The number of carbonyl (C=O) groups is 2. The molecule has 2 heterocycles. The first kappa shape index (κ1) is 37.1. The van der Waals surface area contributed by atoms with E-state index in [0.717, 1.165) is 77.5 Å². The summed E-state index contributed by atoms with van der Waals surface area (Å²) in [6, 6.07) is 12.6. The van der Waals surface area contributed by atoms with Gasteiger partial charge in [-0.1, -0.05) is 24.3 Å². The average Bonchev–Trinajstić information content (AvgIpc) is 3.00. The second-order valence-electron chi connectivity index (χ2n) is 14.3. The van der Waals surface area contributed by atoms with Crippen LogP contribution < -0.4 is 0 Å². The molecule has 4 aliphatic carbocycles. The van der Waals surface area contributed by atoms with Gasteiger partial charge in [-0.3, -0.25) is 19.4 Å². The first-order valence-electron chi connectivity index (χ1n) is 16.7. The lowest BCUT2D eigenvalue weighted by molar-refractivity contribution is -0.128. The maximum Gasteiger partial charge on any atom is 0.133 e. The van der Waals surface area contributed by atoms with Gasteiger partial charge in [-0.05, 0) is 110 Å². The van der Waals surface area contributed by atoms with Gasteiger partial charge in [-0.15, -0.1) is 38.0 Å². The van der Waals surface area contributed by atoms with Crippen LogP contribution in [-0.2, 0) is 33.3 Å². The van der Waals surface area contributed by atoms with E-state index in [1.807, 2.05) is 24.3 Å². The number of aromatic hydroxyl groups is 2. The summed E-state index contributed by atoms with van der Waals surface area (Å²) in [4.78, 5) is 29.5. The zero-order chi connectivity index (χ0) is 30.6. The molecule has 9 heteroatoms. The highest BCUT2D eigenvalue weighted by Gasteiger charge is 2.56. The first-order chi connectivity index (χ1) is 21.3. The van der Waals surface area contributed by atoms with Gasteiger partial charge in [0.1, 0.15) is 23.1 Å². The molecule has 4 N–H and O–H groups in total. The van der Waals surface area contributed by atoms with E-state index in [2.05, 4.69) is 35.1 Å². The van der Waals surface area contributed by atoms with Crippen LogP contribution in [0.5, 0.6) is 11.5 Å². The van der Waals surface area contributed by atoms with Gasteiger partial charge in [-0.2, -0.15) is 0 Å². The SMILES string of the molecule is C=CCN1CC[C@]23CC(=O)CC[C@H]2[C@H]1Cc1ccc(O)cc13.C=CCN1CC[C@]23CC(=O)CC[C@H]2[C@H]1Cc1ccc(O)cc13.Cl.Cl.O. The molecule has 0 spiro atoms. The molecule has 47 heavy (non-hydrogen) atoms. The molecule has 2 aromatic carbocycles. The van der Waals surface area contributed by atoms with E-state index in [-0.39, 0.29) is 41.1 Å². The molecule has 0 unspecified atom stereocenters. The largest absolute Gasteiger partial charge is 0.508 e. The third-order valence-electron chi connectivity index (χ3n) is 12.3. The molecule has 0 amide bonds. The van der Waals surface area contributed by atoms with Crippen LogP contribution in [0.3, 0.4) is 0 Å². The van der Waals surface area contributed by atoms with Crippen LogP contribution in [0.4, 0.5) is 0 Å². The number of rotatable bonds is 4. The van der Waals surface area contributed by atoms with Crippen LogP contribution in [0.25, 0.3) is 0 Å². The Kier molecular flexibility index (Phi) is 11.4. The maximum atomic E-state index is 12.2. The lowest BCUT2D eigenvalue weighted by Crippen LogP contribution is -2.61. The Hall–Kier alpha value is -2.68. The number of hydrogen-bond donors (Lipinski definition) is 2. The molecule has 4 fully saturated rings. The molecule has 7 nitrogen and oxygen atoms in total. The normalized spacial score (nSPS) is 31.7. The van der Waals surface area contributed by atoms with Gasteiger partial charge in [0.25, 0.3) is 0 Å². The predicted octanol–water partition coefficient (Wildman–Crippen LogP) is 5.65. The van der Waals surface area contributed by atoms with Crippen LogP contribution >= 0.6 is 24.8 Å². The Morgan fingerprint density at radius 3 is 1.51 bits per heavy atom. The minimum atomic E-state index is -0.0377. The highest BCUT2D eigenvalue weighted by molar-refractivity contribution is 5.85. The summed E-state index contributed by atoms with van der Waals surface area (Å²) in [6.07, 6.45) is 12.8. The Labute approximate surface area is 291 Å². The Bertz CT molecular complexity index is 1400. The number of piperidine rings is 2. The standard InChI is InChI=1S/2C19H23NO2.2ClH.H2O/c2*1-2-8-20-9-7-19-12-15(22)5-6-16(19)18(20)10-13-3-4-14(21)11-17(13)19;;;/h2*2-4,11,16,18,21H,1,5-10,12H2;2*1H;1H2/t2*16-,18+,19-;;;/m00.../s1. The fourth-order valence-corrected chi connectivity index (χ4v) is 10.6. The van der Waals surface area contributed by atoms with Crippen molar-refractivity contribution < 1.29 is 25.3 Å². The van der Waals surface area contributed by atoms with E-state index >= 15 is 0 Å². The monoisotopic (exact) mass is 684 g/mol. The van der Waals surface area contributed by atoms with Gasteiger partial charge < -0.3 is 15.7 Å². The fourth-order valence-electron chi connectivity index (χ4n) is 10.6. The molecule has 4 bridgehead atoms. The molecule has 2 saturated carbocycles. The minimum Gasteiger partial charge on any atom is -0.508 e. The topological polar surface area (TPSA) is 113 Å². The van der Waals surface area contributed by atoms with Crippen molar-refractivity contribution in [1.29, 1.82) is 0 Å². The van der Waals surface area contributed by atoms with Gasteiger partial charge in [0.15, 0.2) is 0 Å². The van der Waals surface area contributed by atoms with Crippen molar-refractivity contribution in [3.63, 3.8) is 0 Å². The Morgan fingerprint density at radius 2 is 1.13 bits per heavy atom. The third-order valence-corrected chi connectivity index (χ3v) is 12.3. The van der Waals surface area contributed by atoms with E-state index in [9.17, 15) is 19.8 Å². The van der Waals surface area contributed by atoms with Crippen LogP contribution in [0.15, 0.2) is 61.7 Å². The van der Waals surface area contributed by atoms with Crippen molar-refractivity contribution in [2.45, 2.75) is 87.1 Å². The zero-order valence-electron chi connectivity index (χ0n) is 27.2. The van der Waals surface area contributed by atoms with Gasteiger partial charge in [0.05, 0.1) is 0 Å². The van der Waals surface area contributed by atoms with Gasteiger partial charge in [0, 0.05) is 61.7 Å². The number of fused-ring (bicyclic) bond motifs is 2. The van der Waals surface area contributed by atoms with E-state index in [1.54, 1.807) is 12.1 Å². The lowest BCUT2D eigenvalue weighted by Gasteiger charge is -2.58. The van der Waals surface area contributed by atoms with E-state index in [1.165, 1.54) is 22.3 Å². The van der Waals surface area contributed by atoms with Crippen molar-refractivity contribution in [3.05, 3.63) is 84.0 Å². The smallest absolute Gasteiger partial charge is 0.133 e. The van der Waals surface area contributed by atoms with Crippen molar-refractivity contribution in [3.8, 4) is 11.5 Å². The summed E-state index contributed by atoms with van der Waals surface area (Å²) in [5.41, 5.74) is 5.07. The van der Waals surface area contributed by atoms with Crippen molar-refractivity contribution in [1.82, 2.24) is 9.80 Å². The number of phenols is 2. The molecule has 256 valence electrons. The van der Waals surface area contributed by atoms with Crippen molar-refractivity contribution in [2.75, 3.05) is 26.2 Å². The summed E-state index contributed by atoms with van der Waals surface area (Å²) in [5, 5.41) is 19.9. The number of likely N-dealkylation sites (tertiary alicyclic amines) is 2. The molecular formula is C38H50Cl2N2O5. The van der Waals surface area contributed by atoms with Crippen molar-refractivity contribution in [2.24, 2.45) is 11.8 Å². The maximum absolute atomic E-state index is 12.2. The summed E-state index contributed by atoms with van der Waals surface area (Å²) < 4.78 is 0. The number of halogens is 2. The van der Waals surface area contributed by atoms with Crippen molar-refractivity contribution >= 4 is 36.4 Å². The Balaban J connectivity index is 0.000000200. The van der Waals surface area contributed by atoms with Gasteiger partial charge in [-0.25, -0.2) is 0 Å². The molecule has 8 rings (SSSR count). The number of nitrogens with zero attached hydrogens (tertiary/aromatic N) is 2. The van der Waals surface area contributed by atoms with Crippen LogP contribution in [0.1, 0.15) is 73.6 Å². The van der Waals surface area contributed by atoms with E-state index in [0.29, 0.717) is 59.8 Å². The zero-order valence-corrected chi connectivity index (χ0v) is 28.8. The number of Topliss-reactive ketones (excluding diaryl/α,β-unsaturated/α-hetero) is 2. The predicted molar refractivity (Wildman–Crippen MR) is 190 cm³/mol. The van der Waals surface area contributed by atoms with Gasteiger partial charge in [0.2, 0.25) is 0 Å². The van der Waals surface area contributed by atoms with E-state index in [4.69, 9.17) is 0 Å². The lowest BCUT2D eigenvalue weighted by atomic mass is 9.52. The second kappa shape index (κ2) is 14.4. The minimum absolute atomic E-state index is 0. The summed E-state index contributed by atoms with van der Waals surface area (Å²) in [5.74, 6) is 2.52. The molecule has 2 saturated heterocycles. The van der Waals surface area contributed by atoms with Crippen LogP contribution in [0, 0.1) is 11.8 Å². The second-order valence-corrected chi connectivity index (χ2v) is 14.3. The average molecular weight is 686 g/mol. The Morgan fingerprint density at radius 1 is 0.723 bits per heavy atom. The molecule has 6 atom stereocenters. The molecule has 2 aliphatic heterocycles. The number of benzene rings is 2. The molecule has 0 aromatic heterocycles. The summed E-state index contributed by atoms with van der Waals surface area (Å²) >= 11 is 0. The summed E-state index contributed by atoms with van der Waals surface area (Å²) in [6.45, 7) is 11.7. The third kappa shape index (κ3) is 6.19.